The van der Waals surface area contributed by atoms with Crippen LogP contribution < -0.4 is 0 Å². The van der Waals surface area contributed by atoms with Gasteiger partial charge in [0, 0.05) is 19.3 Å². The lowest BCUT2D eigenvalue weighted by molar-refractivity contribution is -0.161. The van der Waals surface area contributed by atoms with Gasteiger partial charge in [-0.2, -0.15) is 0 Å². The Bertz CT molecular complexity index is 2310. The first-order valence-electron chi connectivity index (χ1n) is 36.1. The highest BCUT2D eigenvalue weighted by Crippen LogP contribution is 2.45. The normalized spacial score (nSPS) is 15.0. The average molecular weight is 1370 g/mol. The number of carbonyl (C=O) groups is 3. The molecule has 0 aliphatic carbocycles. The van der Waals surface area contributed by atoms with Gasteiger partial charge in [0.25, 0.3) is 0 Å². The van der Waals surface area contributed by atoms with Crippen molar-refractivity contribution >= 4 is 33.6 Å². The van der Waals surface area contributed by atoms with Crippen LogP contribution in [-0.2, 0) is 55.8 Å². The summed E-state index contributed by atoms with van der Waals surface area (Å²) in [5.74, 6) is -1.63. The summed E-state index contributed by atoms with van der Waals surface area (Å²) in [6.45, 7) is 2.35. The Hall–Kier alpha value is -4.57. The van der Waals surface area contributed by atoms with Crippen LogP contribution in [-0.4, -0.2) is 95.9 Å². The SMILES string of the molecule is CC/C=C\C/C=C\C/C=C\C/C=C\C/C=C\CCCCCCCC(=O)OCC(O)COP(=O)(O)OCC(O)COP(=O)(O)OCC(COC(=O)CCCCCCC/C=C\C/C=C\C/C=C\C/C=C\CCCCC)OC(=O)CCCCCCCCC/C=C\C/C=C\C/C=C\CC. The molecule has 0 saturated carbocycles. The first kappa shape index (κ1) is 90.4. The van der Waals surface area contributed by atoms with E-state index in [-0.39, 0.29) is 19.3 Å². The van der Waals surface area contributed by atoms with E-state index >= 15 is 0 Å². The Morgan fingerprint density at radius 3 is 0.884 bits per heavy atom. The summed E-state index contributed by atoms with van der Waals surface area (Å²) < 4.78 is 61.0. The topological polar surface area (TPSA) is 231 Å². The number of aliphatic hydroxyl groups is 2. The summed E-state index contributed by atoms with van der Waals surface area (Å²) >= 11 is 0. The highest BCUT2D eigenvalue weighted by Gasteiger charge is 2.29. The molecule has 0 aromatic carbocycles. The molecule has 5 atom stereocenters. The highest BCUT2D eigenvalue weighted by atomic mass is 31.2. The van der Waals surface area contributed by atoms with E-state index in [9.17, 15) is 43.5 Å². The van der Waals surface area contributed by atoms with Crippen molar-refractivity contribution in [2.24, 2.45) is 0 Å². The van der Waals surface area contributed by atoms with Crippen molar-refractivity contribution in [1.29, 1.82) is 0 Å². The predicted octanol–water partition coefficient (Wildman–Crippen LogP) is 20.5. The van der Waals surface area contributed by atoms with Gasteiger partial charge in [0.05, 0.1) is 26.4 Å². The fourth-order valence-electron chi connectivity index (χ4n) is 9.06. The lowest BCUT2D eigenvalue weighted by atomic mass is 10.1. The lowest BCUT2D eigenvalue weighted by Gasteiger charge is -2.21. The van der Waals surface area contributed by atoms with Gasteiger partial charge in [0.15, 0.2) is 6.10 Å². The van der Waals surface area contributed by atoms with Gasteiger partial charge in [-0.1, -0.05) is 250 Å². The van der Waals surface area contributed by atoms with Gasteiger partial charge in [-0.15, -0.1) is 0 Å². The molecule has 0 amide bonds. The van der Waals surface area contributed by atoms with Crippen LogP contribution in [0.5, 0.6) is 0 Å². The van der Waals surface area contributed by atoms with Crippen LogP contribution in [0.25, 0.3) is 0 Å². The Morgan fingerprint density at radius 2 is 0.558 bits per heavy atom. The van der Waals surface area contributed by atoms with Crippen molar-refractivity contribution in [2.75, 3.05) is 39.6 Å². The molecule has 0 heterocycles. The number of phosphoric ester groups is 2. The summed E-state index contributed by atoms with van der Waals surface area (Å²) in [7, 11) is -9.81. The molecule has 16 nitrogen and oxygen atoms in total. The number of ether oxygens (including phenoxy) is 3. The minimum Gasteiger partial charge on any atom is -0.463 e. The summed E-state index contributed by atoms with van der Waals surface area (Å²) in [5.41, 5.74) is 0. The molecule has 0 spiro atoms. The van der Waals surface area contributed by atoms with E-state index in [1.807, 2.05) is 0 Å². The fourth-order valence-corrected chi connectivity index (χ4v) is 10.6. The van der Waals surface area contributed by atoms with Gasteiger partial charge in [-0.05, 0) is 141 Å². The van der Waals surface area contributed by atoms with Crippen molar-refractivity contribution < 1.29 is 75.8 Å². The Morgan fingerprint density at radius 1 is 0.305 bits per heavy atom. The minimum absolute atomic E-state index is 0.0836. The second-order valence-electron chi connectivity index (χ2n) is 23.6. The van der Waals surface area contributed by atoms with Crippen molar-refractivity contribution in [1.82, 2.24) is 0 Å². The first-order chi connectivity index (χ1) is 46.2. The highest BCUT2D eigenvalue weighted by molar-refractivity contribution is 7.47. The Balaban J connectivity index is 4.74. The minimum atomic E-state index is -4.94. The number of esters is 3. The van der Waals surface area contributed by atoms with Gasteiger partial charge in [-0.3, -0.25) is 32.5 Å². The number of hydrogen-bond donors (Lipinski definition) is 4. The number of allylic oxidation sites excluding steroid dienone is 24. The van der Waals surface area contributed by atoms with E-state index in [4.69, 9.17) is 32.3 Å². The van der Waals surface area contributed by atoms with Gasteiger partial charge in [0.2, 0.25) is 0 Å². The van der Waals surface area contributed by atoms with Crippen LogP contribution in [0.4, 0.5) is 0 Å². The largest absolute Gasteiger partial charge is 0.472 e. The number of carbonyl (C=O) groups excluding carboxylic acids is 3. The number of unbranched alkanes of at least 4 members (excludes halogenated alkanes) is 20. The number of phosphoric acid groups is 2. The summed E-state index contributed by atoms with van der Waals surface area (Å²) in [6, 6.07) is 0. The van der Waals surface area contributed by atoms with Crippen LogP contribution in [0.1, 0.15) is 265 Å². The molecule has 0 aliphatic rings. The maximum absolute atomic E-state index is 13.0. The number of rotatable bonds is 67. The quantitative estimate of drug-likeness (QED) is 0.0146. The summed E-state index contributed by atoms with van der Waals surface area (Å²) in [4.78, 5) is 58.5. The Kier molecular flexibility index (Phi) is 66.0. The van der Waals surface area contributed by atoms with Crippen LogP contribution in [0.15, 0.2) is 146 Å². The molecule has 542 valence electrons. The maximum Gasteiger partial charge on any atom is 0.472 e. The molecular formula is C77H128O16P2. The van der Waals surface area contributed by atoms with Crippen molar-refractivity contribution in [3.8, 4) is 0 Å². The lowest BCUT2D eigenvalue weighted by Crippen LogP contribution is -2.30. The molecule has 18 heteroatoms. The van der Waals surface area contributed by atoms with Crippen molar-refractivity contribution in [2.45, 2.75) is 283 Å². The summed E-state index contributed by atoms with van der Waals surface area (Å²) in [5, 5.41) is 20.6. The van der Waals surface area contributed by atoms with E-state index in [0.29, 0.717) is 19.3 Å². The molecular weight excluding hydrogens is 1240 g/mol. The van der Waals surface area contributed by atoms with E-state index in [0.717, 1.165) is 180 Å². The number of hydrogen-bond acceptors (Lipinski definition) is 14. The molecule has 0 bridgehead atoms. The monoisotopic (exact) mass is 1370 g/mol. The molecule has 0 aromatic heterocycles. The molecule has 95 heavy (non-hydrogen) atoms. The third-order valence-electron chi connectivity index (χ3n) is 14.5. The second-order valence-corrected chi connectivity index (χ2v) is 26.5. The number of aliphatic hydroxyl groups excluding tert-OH is 2. The van der Waals surface area contributed by atoms with Crippen LogP contribution >= 0.6 is 15.6 Å². The van der Waals surface area contributed by atoms with Crippen LogP contribution in [0.3, 0.4) is 0 Å². The van der Waals surface area contributed by atoms with Gasteiger partial charge >= 0.3 is 33.6 Å². The maximum atomic E-state index is 13.0. The molecule has 0 rings (SSSR count). The zero-order valence-corrected chi connectivity index (χ0v) is 60.6. The fraction of sp³-hybridized carbons (Fsp3) is 0.649. The van der Waals surface area contributed by atoms with E-state index < -0.39 is 91.5 Å². The molecule has 0 saturated heterocycles. The van der Waals surface area contributed by atoms with E-state index in [1.165, 1.54) is 25.7 Å². The zero-order chi connectivity index (χ0) is 69.5. The summed E-state index contributed by atoms with van der Waals surface area (Å²) in [6.07, 6.45) is 83.1. The smallest absolute Gasteiger partial charge is 0.463 e. The van der Waals surface area contributed by atoms with Crippen LogP contribution in [0.2, 0.25) is 0 Å². The van der Waals surface area contributed by atoms with Crippen molar-refractivity contribution in [3.05, 3.63) is 146 Å². The molecule has 5 unspecified atom stereocenters. The molecule has 4 N–H and O–H groups in total. The molecule has 0 aliphatic heterocycles. The Labute approximate surface area is 575 Å². The first-order valence-corrected chi connectivity index (χ1v) is 39.1. The van der Waals surface area contributed by atoms with Crippen LogP contribution in [0, 0.1) is 0 Å². The van der Waals surface area contributed by atoms with Gasteiger partial charge in [-0.25, -0.2) is 9.13 Å². The average Bonchev–Trinajstić information content (AvgIpc) is 1.99. The third-order valence-corrected chi connectivity index (χ3v) is 16.4. The molecule has 0 aromatic rings. The zero-order valence-electron chi connectivity index (χ0n) is 58.8. The second kappa shape index (κ2) is 69.3. The van der Waals surface area contributed by atoms with E-state index in [2.05, 4.69) is 167 Å². The molecule has 0 radical (unpaired) electrons. The molecule has 0 fully saturated rings. The third kappa shape index (κ3) is 70.6. The van der Waals surface area contributed by atoms with Crippen molar-refractivity contribution in [3.63, 3.8) is 0 Å². The van der Waals surface area contributed by atoms with Gasteiger partial charge in [0.1, 0.15) is 25.4 Å². The predicted molar refractivity (Wildman–Crippen MR) is 389 cm³/mol. The standard InChI is InChI=1S/C77H128O16P2/c1-4-7-10-13-16-19-22-25-28-31-33-35-37-40-42-45-48-51-54-57-60-63-75(80)87-66-72(78)67-89-94(83,84)90-68-73(79)69-91-95(85,86)92-71-74(93-77(82)65-62-59-56-53-50-47-44-39-30-27-24-21-18-15-12-9-6-3)70-88-76(81)64-61-58-55-52-49-46-43-41-38-36-34-32-29-26-23-20-17-14-11-8-5-2/h7,9-10,12,16-21,25-30,33-36,40-43,72-74,78-79H,4-6,8,11,13-15,22-24,31-32,37-39,44-71H2,1-3H3,(H,83,84)(H,85,86)/b10-7-,12-9-,19-16-,20-17-,21-18-,28-25-,29-26-,30-27-,35-33-,36-34-,42-40-,43-41-. The van der Waals surface area contributed by atoms with E-state index in [1.54, 1.807) is 0 Å². The van der Waals surface area contributed by atoms with Gasteiger partial charge < -0.3 is 34.2 Å².